The summed E-state index contributed by atoms with van der Waals surface area (Å²) in [4.78, 5) is 13.7. The first-order chi connectivity index (χ1) is 11.2. The quantitative estimate of drug-likeness (QED) is 0.448. The van der Waals surface area contributed by atoms with E-state index in [1.807, 2.05) is 6.92 Å². The van der Waals surface area contributed by atoms with Crippen LogP contribution in [0.5, 0.6) is 0 Å². The van der Waals surface area contributed by atoms with Gasteiger partial charge in [0.1, 0.15) is 5.78 Å². The summed E-state index contributed by atoms with van der Waals surface area (Å²) < 4.78 is 21.5. The van der Waals surface area contributed by atoms with E-state index in [0.717, 1.165) is 45.7 Å². The van der Waals surface area contributed by atoms with Gasteiger partial charge in [-0.1, -0.05) is 0 Å². The Morgan fingerprint density at radius 3 is 1.83 bits per heavy atom. The Kier molecular flexibility index (Phi) is 12.4. The summed E-state index contributed by atoms with van der Waals surface area (Å²) in [6, 6.07) is 0. The number of ether oxygens (including phenoxy) is 4. The molecule has 1 aliphatic heterocycles. The molecule has 0 aromatic rings. The lowest BCUT2D eigenvalue weighted by atomic mass is 9.93. The topological polar surface area (TPSA) is 57.2 Å². The van der Waals surface area contributed by atoms with E-state index in [9.17, 15) is 4.79 Å². The molecule has 136 valence electrons. The number of piperidine rings is 1. The average molecular weight is 331 g/mol. The molecule has 1 aliphatic rings. The summed E-state index contributed by atoms with van der Waals surface area (Å²) in [7, 11) is 0. The minimum atomic E-state index is 0.274. The fourth-order valence-electron chi connectivity index (χ4n) is 2.56. The molecule has 0 spiro atoms. The third-order valence-corrected chi connectivity index (χ3v) is 4.03. The highest BCUT2D eigenvalue weighted by molar-refractivity contribution is 5.78. The summed E-state index contributed by atoms with van der Waals surface area (Å²) >= 11 is 0. The fraction of sp³-hybridized carbons (Fsp3) is 0.941. The van der Waals surface area contributed by atoms with Crippen LogP contribution in [-0.4, -0.2) is 83.2 Å². The second-order valence-corrected chi connectivity index (χ2v) is 5.76. The molecule has 1 heterocycles. The van der Waals surface area contributed by atoms with Gasteiger partial charge in [-0.3, -0.25) is 4.79 Å². The number of rotatable bonds is 14. The maximum Gasteiger partial charge on any atom is 0.133 e. The largest absolute Gasteiger partial charge is 0.379 e. The number of nitrogens with zero attached hydrogens (tertiary/aromatic N) is 1. The molecule has 0 N–H and O–H groups in total. The lowest BCUT2D eigenvalue weighted by Gasteiger charge is -2.30. The molecule has 6 nitrogen and oxygen atoms in total. The Labute approximate surface area is 140 Å². The summed E-state index contributed by atoms with van der Waals surface area (Å²) in [6.45, 7) is 11.7. The first-order valence-electron chi connectivity index (χ1n) is 8.77. The lowest BCUT2D eigenvalue weighted by molar-refractivity contribution is -0.122. The molecule has 0 bridgehead atoms. The Morgan fingerprint density at radius 2 is 1.35 bits per heavy atom. The molecule has 0 unspecified atom stereocenters. The third-order valence-electron chi connectivity index (χ3n) is 4.03. The van der Waals surface area contributed by atoms with E-state index < -0.39 is 0 Å². The zero-order chi connectivity index (χ0) is 16.8. The molecule has 0 aliphatic carbocycles. The van der Waals surface area contributed by atoms with Crippen LogP contribution in [-0.2, 0) is 23.7 Å². The minimum absolute atomic E-state index is 0.274. The second kappa shape index (κ2) is 13.9. The molecular formula is C17H33NO5. The number of hydrogen-bond donors (Lipinski definition) is 0. The van der Waals surface area contributed by atoms with Crippen molar-refractivity contribution >= 4 is 5.78 Å². The van der Waals surface area contributed by atoms with Crippen molar-refractivity contribution in [3.05, 3.63) is 0 Å². The van der Waals surface area contributed by atoms with E-state index in [-0.39, 0.29) is 5.92 Å². The summed E-state index contributed by atoms with van der Waals surface area (Å²) in [5.74, 6) is 0.608. The Hall–Kier alpha value is -0.530. The minimum Gasteiger partial charge on any atom is -0.379 e. The van der Waals surface area contributed by atoms with Crippen molar-refractivity contribution in [2.45, 2.75) is 26.7 Å². The number of carbonyl (C=O) groups excluding carboxylic acids is 1. The fourth-order valence-corrected chi connectivity index (χ4v) is 2.56. The van der Waals surface area contributed by atoms with Crippen LogP contribution in [0.3, 0.4) is 0 Å². The van der Waals surface area contributed by atoms with Crippen LogP contribution in [0.1, 0.15) is 26.7 Å². The van der Waals surface area contributed by atoms with Gasteiger partial charge in [0.25, 0.3) is 0 Å². The maximum absolute atomic E-state index is 11.3. The van der Waals surface area contributed by atoms with Gasteiger partial charge in [0.05, 0.1) is 46.2 Å². The zero-order valence-electron chi connectivity index (χ0n) is 14.8. The van der Waals surface area contributed by atoms with Gasteiger partial charge in [-0.2, -0.15) is 0 Å². The van der Waals surface area contributed by atoms with Crippen molar-refractivity contribution in [1.82, 2.24) is 4.90 Å². The Morgan fingerprint density at radius 1 is 0.870 bits per heavy atom. The standard InChI is InChI=1S/C17H33NO5/c1-3-20-10-11-22-14-15-23-13-12-21-9-8-18-6-4-17(5-7-18)16(2)19/h17H,3-15H2,1-2H3. The van der Waals surface area contributed by atoms with Crippen molar-refractivity contribution in [3.8, 4) is 0 Å². The molecule has 1 saturated heterocycles. The van der Waals surface area contributed by atoms with E-state index >= 15 is 0 Å². The first-order valence-corrected chi connectivity index (χ1v) is 8.77. The van der Waals surface area contributed by atoms with Gasteiger partial charge in [-0.25, -0.2) is 0 Å². The van der Waals surface area contributed by atoms with Crippen molar-refractivity contribution < 1.29 is 23.7 Å². The van der Waals surface area contributed by atoms with Crippen molar-refractivity contribution in [3.63, 3.8) is 0 Å². The number of ketones is 1. The SMILES string of the molecule is CCOCCOCCOCCOCCN1CCC(C(C)=O)CC1. The monoisotopic (exact) mass is 331 g/mol. The summed E-state index contributed by atoms with van der Waals surface area (Å²) in [5.41, 5.74) is 0. The number of Topliss-reactive ketones (excluding diaryl/α,β-unsaturated/α-hetero) is 1. The lowest BCUT2D eigenvalue weighted by Crippen LogP contribution is -2.37. The predicted molar refractivity (Wildman–Crippen MR) is 88.8 cm³/mol. The van der Waals surface area contributed by atoms with Crippen LogP contribution in [0.15, 0.2) is 0 Å². The van der Waals surface area contributed by atoms with Gasteiger partial charge in [-0.15, -0.1) is 0 Å². The molecule has 1 fully saturated rings. The molecule has 0 amide bonds. The van der Waals surface area contributed by atoms with Gasteiger partial charge >= 0.3 is 0 Å². The maximum atomic E-state index is 11.3. The van der Waals surface area contributed by atoms with Gasteiger partial charge < -0.3 is 23.8 Å². The Bertz CT molecular complexity index is 293. The third kappa shape index (κ3) is 10.8. The van der Waals surface area contributed by atoms with E-state index in [0.29, 0.717) is 45.4 Å². The number of carbonyl (C=O) groups is 1. The molecule has 6 heteroatoms. The van der Waals surface area contributed by atoms with Crippen LogP contribution in [0.25, 0.3) is 0 Å². The highest BCUT2D eigenvalue weighted by atomic mass is 16.6. The van der Waals surface area contributed by atoms with Crippen LogP contribution in [0, 0.1) is 5.92 Å². The van der Waals surface area contributed by atoms with Crippen molar-refractivity contribution in [2.75, 3.05) is 72.5 Å². The highest BCUT2D eigenvalue weighted by Gasteiger charge is 2.21. The highest BCUT2D eigenvalue weighted by Crippen LogP contribution is 2.17. The van der Waals surface area contributed by atoms with E-state index in [4.69, 9.17) is 18.9 Å². The molecule has 0 aromatic heterocycles. The van der Waals surface area contributed by atoms with Crippen LogP contribution in [0.4, 0.5) is 0 Å². The van der Waals surface area contributed by atoms with Crippen LogP contribution < -0.4 is 0 Å². The van der Waals surface area contributed by atoms with Gasteiger partial charge in [0.15, 0.2) is 0 Å². The summed E-state index contributed by atoms with van der Waals surface area (Å²) in [5, 5.41) is 0. The molecule has 0 aromatic carbocycles. The second-order valence-electron chi connectivity index (χ2n) is 5.76. The van der Waals surface area contributed by atoms with Crippen LogP contribution >= 0.6 is 0 Å². The number of hydrogen-bond acceptors (Lipinski definition) is 6. The predicted octanol–water partition coefficient (Wildman–Crippen LogP) is 1.37. The van der Waals surface area contributed by atoms with Crippen LogP contribution in [0.2, 0.25) is 0 Å². The molecule has 1 rings (SSSR count). The molecule has 0 atom stereocenters. The van der Waals surface area contributed by atoms with Gasteiger partial charge in [-0.05, 0) is 39.8 Å². The Balaban J connectivity index is 1.79. The van der Waals surface area contributed by atoms with E-state index in [2.05, 4.69) is 4.90 Å². The molecule has 23 heavy (non-hydrogen) atoms. The molecular weight excluding hydrogens is 298 g/mol. The molecule has 0 saturated carbocycles. The first kappa shape index (κ1) is 20.5. The van der Waals surface area contributed by atoms with Gasteiger partial charge in [0.2, 0.25) is 0 Å². The van der Waals surface area contributed by atoms with E-state index in [1.54, 1.807) is 6.92 Å². The van der Waals surface area contributed by atoms with E-state index in [1.165, 1.54) is 0 Å². The van der Waals surface area contributed by atoms with Crippen molar-refractivity contribution in [1.29, 1.82) is 0 Å². The zero-order valence-corrected chi connectivity index (χ0v) is 14.8. The normalized spacial score (nSPS) is 16.8. The van der Waals surface area contributed by atoms with Crippen molar-refractivity contribution in [2.24, 2.45) is 5.92 Å². The molecule has 0 radical (unpaired) electrons. The average Bonchev–Trinajstić information content (AvgIpc) is 2.56. The smallest absolute Gasteiger partial charge is 0.133 e. The number of likely N-dealkylation sites (tertiary alicyclic amines) is 1. The van der Waals surface area contributed by atoms with Gasteiger partial charge in [0, 0.05) is 19.1 Å². The summed E-state index contributed by atoms with van der Waals surface area (Å²) in [6.07, 6.45) is 1.98.